The first-order valence-electron chi connectivity index (χ1n) is 12.5. The summed E-state index contributed by atoms with van der Waals surface area (Å²) in [7, 11) is 4.53. The highest BCUT2D eigenvalue weighted by Gasteiger charge is 2.30. The van der Waals surface area contributed by atoms with Crippen LogP contribution in [0.4, 0.5) is 0 Å². The lowest BCUT2D eigenvalue weighted by Crippen LogP contribution is -3.00. The molecular formula is C27H50BrNO. The van der Waals surface area contributed by atoms with Gasteiger partial charge in [0.2, 0.25) is 0 Å². The Bertz CT molecular complexity index is 491. The summed E-state index contributed by atoms with van der Waals surface area (Å²) >= 11 is 0. The van der Waals surface area contributed by atoms with E-state index in [9.17, 15) is 5.11 Å². The van der Waals surface area contributed by atoms with E-state index in [-0.39, 0.29) is 23.0 Å². The third-order valence-corrected chi connectivity index (χ3v) is 6.79. The Morgan fingerprint density at radius 2 is 1.10 bits per heavy atom. The van der Waals surface area contributed by atoms with Gasteiger partial charge in [-0.1, -0.05) is 114 Å². The molecule has 0 bridgehead atoms. The van der Waals surface area contributed by atoms with Crippen LogP contribution in [0.15, 0.2) is 30.3 Å². The first-order chi connectivity index (χ1) is 14.0. The Balaban J connectivity index is 0.00000841. The number of rotatable bonds is 18. The average molecular weight is 485 g/mol. The van der Waals surface area contributed by atoms with Crippen LogP contribution in [0.2, 0.25) is 0 Å². The molecule has 0 heterocycles. The number of quaternary nitrogens is 1. The summed E-state index contributed by atoms with van der Waals surface area (Å²) in [5, 5.41) is 10.7. The van der Waals surface area contributed by atoms with Crippen LogP contribution in [0.5, 0.6) is 0 Å². The topological polar surface area (TPSA) is 20.2 Å². The number of hydrogen-bond acceptors (Lipinski definition) is 1. The summed E-state index contributed by atoms with van der Waals surface area (Å²) < 4.78 is 0.883. The molecule has 0 unspecified atom stereocenters. The van der Waals surface area contributed by atoms with Crippen molar-refractivity contribution in [3.63, 3.8) is 0 Å². The number of benzene rings is 1. The predicted molar refractivity (Wildman–Crippen MR) is 128 cm³/mol. The van der Waals surface area contributed by atoms with Crippen LogP contribution in [-0.2, 0) is 0 Å². The summed E-state index contributed by atoms with van der Waals surface area (Å²) in [6.07, 6.45) is 19.2. The van der Waals surface area contributed by atoms with E-state index in [0.717, 1.165) is 16.6 Å². The summed E-state index contributed by atoms with van der Waals surface area (Å²) in [6, 6.07) is 10.3. The van der Waals surface area contributed by atoms with Crippen molar-refractivity contribution >= 4 is 0 Å². The number of nitrogens with zero attached hydrogens (tertiary/aromatic N) is 1. The quantitative estimate of drug-likeness (QED) is 0.237. The number of aliphatic hydroxyl groups excluding tert-OH is 1. The molecule has 30 heavy (non-hydrogen) atoms. The summed E-state index contributed by atoms with van der Waals surface area (Å²) in [4.78, 5) is 0. The Hall–Kier alpha value is -0.380. The molecule has 0 radical (unpaired) electrons. The Labute approximate surface area is 198 Å². The molecule has 0 aliphatic rings. The Morgan fingerprint density at radius 3 is 1.53 bits per heavy atom. The normalized spacial score (nSPS) is 13.6. The van der Waals surface area contributed by atoms with Gasteiger partial charge in [-0.2, -0.15) is 0 Å². The van der Waals surface area contributed by atoms with Gasteiger partial charge in [0.1, 0.15) is 12.1 Å². The van der Waals surface area contributed by atoms with E-state index in [1.807, 2.05) is 30.3 Å². The largest absolute Gasteiger partial charge is 1.00 e. The van der Waals surface area contributed by atoms with Crippen LogP contribution in [-0.4, -0.2) is 36.3 Å². The van der Waals surface area contributed by atoms with Crippen molar-refractivity contribution in [2.45, 2.75) is 116 Å². The standard InChI is InChI=1S/C27H50NO.BrH/c1-5-6-7-8-9-10-11-12-13-14-15-16-17-21-24-28(3,4)25(2)27(29)26-22-19-18-20-23-26;/h18-20,22-23,25,27,29H,5-17,21,24H2,1-4H3;1H/q+1;/p-1/t25-,27-;/m0./s1. The minimum Gasteiger partial charge on any atom is -1.00 e. The highest BCUT2D eigenvalue weighted by atomic mass is 79.9. The summed E-state index contributed by atoms with van der Waals surface area (Å²) in [5.74, 6) is 0. The van der Waals surface area contributed by atoms with Crippen molar-refractivity contribution < 1.29 is 26.6 Å². The molecule has 176 valence electrons. The van der Waals surface area contributed by atoms with Crippen LogP contribution in [0.1, 0.15) is 115 Å². The molecule has 0 fully saturated rings. The van der Waals surface area contributed by atoms with E-state index < -0.39 is 6.10 Å². The fraction of sp³-hybridized carbons (Fsp3) is 0.778. The predicted octanol–water partition coefficient (Wildman–Crippen LogP) is 4.67. The maximum atomic E-state index is 10.7. The van der Waals surface area contributed by atoms with Gasteiger partial charge in [0.15, 0.2) is 0 Å². The van der Waals surface area contributed by atoms with E-state index in [1.165, 1.54) is 89.9 Å². The summed E-state index contributed by atoms with van der Waals surface area (Å²) in [6.45, 7) is 5.61. The molecule has 1 rings (SSSR count). The molecule has 0 spiro atoms. The molecule has 2 nitrogen and oxygen atoms in total. The van der Waals surface area contributed by atoms with Crippen molar-refractivity contribution in [1.82, 2.24) is 0 Å². The minimum atomic E-state index is -0.391. The van der Waals surface area contributed by atoms with Gasteiger partial charge in [0.25, 0.3) is 0 Å². The molecule has 0 aliphatic carbocycles. The zero-order valence-corrected chi connectivity index (χ0v) is 22.0. The Kier molecular flexibility index (Phi) is 18.0. The number of unbranched alkanes of at least 4 members (excludes halogenated alkanes) is 13. The van der Waals surface area contributed by atoms with Crippen molar-refractivity contribution in [2.75, 3.05) is 20.6 Å². The monoisotopic (exact) mass is 483 g/mol. The van der Waals surface area contributed by atoms with Gasteiger partial charge < -0.3 is 26.6 Å². The third kappa shape index (κ3) is 13.1. The van der Waals surface area contributed by atoms with Gasteiger partial charge in [-0.05, 0) is 25.3 Å². The van der Waals surface area contributed by atoms with E-state index in [2.05, 4.69) is 27.9 Å². The summed E-state index contributed by atoms with van der Waals surface area (Å²) in [5.41, 5.74) is 1.03. The maximum Gasteiger partial charge on any atom is 0.130 e. The van der Waals surface area contributed by atoms with Gasteiger partial charge in [-0.25, -0.2) is 0 Å². The van der Waals surface area contributed by atoms with Crippen LogP contribution in [0, 0.1) is 0 Å². The van der Waals surface area contributed by atoms with E-state index in [1.54, 1.807) is 0 Å². The van der Waals surface area contributed by atoms with Gasteiger partial charge in [-0.15, -0.1) is 0 Å². The molecule has 0 amide bonds. The molecule has 1 aromatic carbocycles. The lowest BCUT2D eigenvalue weighted by molar-refractivity contribution is -0.917. The molecule has 2 atom stereocenters. The van der Waals surface area contributed by atoms with E-state index >= 15 is 0 Å². The fourth-order valence-corrected chi connectivity index (χ4v) is 4.23. The first-order valence-corrected chi connectivity index (χ1v) is 12.5. The smallest absolute Gasteiger partial charge is 0.130 e. The second-order valence-corrected chi connectivity index (χ2v) is 9.69. The van der Waals surface area contributed by atoms with Gasteiger partial charge in [-0.3, -0.25) is 0 Å². The Morgan fingerprint density at radius 1 is 0.700 bits per heavy atom. The first kappa shape index (κ1) is 29.6. The number of aliphatic hydroxyl groups is 1. The average Bonchev–Trinajstić information content (AvgIpc) is 2.73. The van der Waals surface area contributed by atoms with Crippen molar-refractivity contribution in [2.24, 2.45) is 0 Å². The lowest BCUT2D eigenvalue weighted by Gasteiger charge is -2.38. The molecule has 0 saturated heterocycles. The van der Waals surface area contributed by atoms with Gasteiger partial charge in [0.05, 0.1) is 20.6 Å². The highest BCUT2D eigenvalue weighted by Crippen LogP contribution is 2.24. The van der Waals surface area contributed by atoms with Crippen LogP contribution in [0.3, 0.4) is 0 Å². The molecule has 0 aromatic heterocycles. The van der Waals surface area contributed by atoms with Gasteiger partial charge in [0, 0.05) is 0 Å². The number of hydrogen-bond donors (Lipinski definition) is 1. The van der Waals surface area contributed by atoms with Crippen LogP contribution >= 0.6 is 0 Å². The van der Waals surface area contributed by atoms with Crippen LogP contribution < -0.4 is 17.0 Å². The SMILES string of the molecule is CCCCCCCCCCCCCCCC[N+](C)(C)[C@@H](C)[C@H](O)c1ccccc1.[Br-]. The van der Waals surface area contributed by atoms with Crippen molar-refractivity contribution in [3.05, 3.63) is 35.9 Å². The zero-order valence-electron chi connectivity index (χ0n) is 20.4. The van der Waals surface area contributed by atoms with E-state index in [4.69, 9.17) is 0 Å². The van der Waals surface area contributed by atoms with E-state index in [0.29, 0.717) is 0 Å². The van der Waals surface area contributed by atoms with Crippen molar-refractivity contribution in [3.8, 4) is 0 Å². The molecular weight excluding hydrogens is 434 g/mol. The number of halogens is 1. The maximum absolute atomic E-state index is 10.7. The molecule has 3 heteroatoms. The molecule has 0 aliphatic heterocycles. The molecule has 1 N–H and O–H groups in total. The highest BCUT2D eigenvalue weighted by molar-refractivity contribution is 5.18. The molecule has 0 saturated carbocycles. The molecule has 1 aromatic rings. The number of likely N-dealkylation sites (N-methyl/N-ethyl adjacent to an activating group) is 1. The second kappa shape index (κ2) is 18.2. The fourth-order valence-electron chi connectivity index (χ4n) is 4.23. The third-order valence-electron chi connectivity index (χ3n) is 6.79. The zero-order chi connectivity index (χ0) is 21.4. The lowest BCUT2D eigenvalue weighted by atomic mass is 10.0. The van der Waals surface area contributed by atoms with Gasteiger partial charge >= 0.3 is 0 Å². The second-order valence-electron chi connectivity index (χ2n) is 9.69. The minimum absolute atomic E-state index is 0. The van der Waals surface area contributed by atoms with Crippen molar-refractivity contribution in [1.29, 1.82) is 0 Å². The van der Waals surface area contributed by atoms with Crippen LogP contribution in [0.25, 0.3) is 0 Å².